The lowest BCUT2D eigenvalue weighted by atomic mass is 10.1. The first kappa shape index (κ1) is 14.9. The number of amides is 3. The summed E-state index contributed by atoms with van der Waals surface area (Å²) in [4.78, 5) is 22.7. The van der Waals surface area contributed by atoms with Gasteiger partial charge in [0.15, 0.2) is 0 Å². The lowest BCUT2D eigenvalue weighted by Crippen LogP contribution is -2.37. The van der Waals surface area contributed by atoms with E-state index in [9.17, 15) is 9.59 Å². The van der Waals surface area contributed by atoms with Gasteiger partial charge in [-0.2, -0.15) is 5.10 Å². The van der Waals surface area contributed by atoms with Gasteiger partial charge in [0.25, 0.3) is 0 Å². The van der Waals surface area contributed by atoms with E-state index >= 15 is 0 Å². The lowest BCUT2D eigenvalue weighted by molar-refractivity contribution is -0.118. The highest BCUT2D eigenvalue weighted by Gasteiger charge is 2.22. The van der Waals surface area contributed by atoms with Crippen LogP contribution in [0.4, 0.5) is 10.5 Å². The molecule has 1 aliphatic heterocycles. The molecule has 0 aliphatic carbocycles. The van der Waals surface area contributed by atoms with Crippen LogP contribution in [0.5, 0.6) is 5.75 Å². The molecule has 0 fully saturated rings. The average Bonchev–Trinajstić information content (AvgIpc) is 3.10. The Morgan fingerprint density at radius 2 is 2.22 bits per heavy atom. The molecule has 0 radical (unpaired) electrons. The number of aromatic nitrogens is 2. The molecule has 1 aliphatic rings. The van der Waals surface area contributed by atoms with Crippen molar-refractivity contribution in [2.24, 2.45) is 5.73 Å². The quantitative estimate of drug-likeness (QED) is 0.745. The molecule has 0 bridgehead atoms. The van der Waals surface area contributed by atoms with Crippen LogP contribution < -0.4 is 21.1 Å². The van der Waals surface area contributed by atoms with Crippen molar-refractivity contribution < 1.29 is 14.3 Å². The molecule has 0 saturated carbocycles. The highest BCUT2D eigenvalue weighted by molar-refractivity contribution is 5.88. The molecule has 8 heteroatoms. The van der Waals surface area contributed by atoms with E-state index in [0.29, 0.717) is 12.2 Å². The Kier molecular flexibility index (Phi) is 4.13. The van der Waals surface area contributed by atoms with Gasteiger partial charge in [0.05, 0.1) is 18.4 Å². The van der Waals surface area contributed by atoms with Crippen LogP contribution in [0.1, 0.15) is 5.56 Å². The molecule has 1 aromatic carbocycles. The van der Waals surface area contributed by atoms with Gasteiger partial charge in [0, 0.05) is 12.6 Å². The maximum absolute atomic E-state index is 11.9. The van der Waals surface area contributed by atoms with Gasteiger partial charge in [-0.25, -0.2) is 4.79 Å². The van der Waals surface area contributed by atoms with Crippen molar-refractivity contribution in [3.05, 3.63) is 42.2 Å². The van der Waals surface area contributed by atoms with Gasteiger partial charge >= 0.3 is 6.03 Å². The monoisotopic (exact) mass is 315 g/mol. The number of carbonyl (C=O) groups excluding carboxylic acids is 2. The number of fused-ring (bicyclic) bond motifs is 1. The fourth-order valence-corrected chi connectivity index (χ4v) is 2.42. The average molecular weight is 315 g/mol. The third kappa shape index (κ3) is 3.79. The van der Waals surface area contributed by atoms with Crippen LogP contribution >= 0.6 is 0 Å². The highest BCUT2D eigenvalue weighted by Crippen LogP contribution is 2.27. The number of nitrogens with two attached hydrogens (primary N) is 1. The van der Waals surface area contributed by atoms with E-state index < -0.39 is 5.91 Å². The highest BCUT2D eigenvalue weighted by atomic mass is 16.5. The van der Waals surface area contributed by atoms with Gasteiger partial charge in [0.2, 0.25) is 5.91 Å². The summed E-state index contributed by atoms with van der Waals surface area (Å²) in [6.07, 6.45) is 3.68. The number of anilines is 1. The van der Waals surface area contributed by atoms with Crippen molar-refractivity contribution in [3.8, 4) is 5.75 Å². The summed E-state index contributed by atoms with van der Waals surface area (Å²) in [5.74, 6) is 0.370. The molecular weight excluding hydrogens is 298 g/mol. The van der Waals surface area contributed by atoms with Gasteiger partial charge in [0.1, 0.15) is 18.4 Å². The number of urea groups is 1. The SMILES string of the molecule is NC(=O)Cn1cc(NC(=O)NC[C@@H]2Cc3ccccc3O2)cn1. The van der Waals surface area contributed by atoms with Crippen LogP contribution in [0, 0.1) is 0 Å². The zero-order valence-electron chi connectivity index (χ0n) is 12.4. The Bertz CT molecular complexity index is 702. The van der Waals surface area contributed by atoms with E-state index in [0.717, 1.165) is 17.7 Å². The maximum Gasteiger partial charge on any atom is 0.319 e. The molecular formula is C15H17N5O3. The van der Waals surface area contributed by atoms with Gasteiger partial charge in [-0.3, -0.25) is 9.48 Å². The zero-order chi connectivity index (χ0) is 16.2. The van der Waals surface area contributed by atoms with E-state index in [2.05, 4.69) is 15.7 Å². The van der Waals surface area contributed by atoms with Crippen molar-refractivity contribution in [2.75, 3.05) is 11.9 Å². The van der Waals surface area contributed by atoms with Gasteiger partial charge in [-0.15, -0.1) is 0 Å². The molecule has 0 spiro atoms. The van der Waals surface area contributed by atoms with Crippen LogP contribution in [-0.2, 0) is 17.8 Å². The summed E-state index contributed by atoms with van der Waals surface area (Å²) >= 11 is 0. The van der Waals surface area contributed by atoms with E-state index in [1.165, 1.54) is 17.1 Å². The normalized spacial score (nSPS) is 15.6. The van der Waals surface area contributed by atoms with Crippen LogP contribution in [-0.4, -0.2) is 34.4 Å². The number of carbonyl (C=O) groups is 2. The number of nitrogens with one attached hydrogen (secondary N) is 2. The number of hydrogen-bond donors (Lipinski definition) is 3. The van der Waals surface area contributed by atoms with E-state index in [1.54, 1.807) is 0 Å². The number of benzene rings is 1. The Hall–Kier alpha value is -3.03. The zero-order valence-corrected chi connectivity index (χ0v) is 12.4. The first-order valence-corrected chi connectivity index (χ1v) is 7.20. The summed E-state index contributed by atoms with van der Waals surface area (Å²) in [6, 6.07) is 7.47. The Balaban J connectivity index is 1.45. The maximum atomic E-state index is 11.9. The largest absolute Gasteiger partial charge is 0.488 e. The third-order valence-corrected chi connectivity index (χ3v) is 3.41. The van der Waals surface area contributed by atoms with Crippen molar-refractivity contribution >= 4 is 17.6 Å². The molecule has 23 heavy (non-hydrogen) atoms. The molecule has 1 atom stereocenters. The fraction of sp³-hybridized carbons (Fsp3) is 0.267. The number of hydrogen-bond acceptors (Lipinski definition) is 4. The van der Waals surface area contributed by atoms with Crippen LogP contribution in [0.15, 0.2) is 36.7 Å². The van der Waals surface area contributed by atoms with Crippen LogP contribution in [0.3, 0.4) is 0 Å². The number of rotatable bonds is 5. The number of para-hydroxylation sites is 1. The molecule has 2 aromatic rings. The van der Waals surface area contributed by atoms with E-state index in [4.69, 9.17) is 10.5 Å². The van der Waals surface area contributed by atoms with Crippen molar-refractivity contribution in [3.63, 3.8) is 0 Å². The van der Waals surface area contributed by atoms with Gasteiger partial charge in [-0.1, -0.05) is 18.2 Å². The van der Waals surface area contributed by atoms with Gasteiger partial charge < -0.3 is 21.1 Å². The summed E-state index contributed by atoms with van der Waals surface area (Å²) in [7, 11) is 0. The second-order valence-electron chi connectivity index (χ2n) is 5.28. The minimum absolute atomic E-state index is 0.0303. The van der Waals surface area contributed by atoms with Gasteiger partial charge in [-0.05, 0) is 11.6 Å². The first-order valence-electron chi connectivity index (χ1n) is 7.20. The summed E-state index contributed by atoms with van der Waals surface area (Å²) in [6.45, 7) is 0.368. The molecule has 3 rings (SSSR count). The van der Waals surface area contributed by atoms with Crippen molar-refractivity contribution in [1.29, 1.82) is 0 Å². The molecule has 3 amide bonds. The van der Waals surface area contributed by atoms with E-state index in [-0.39, 0.29) is 18.7 Å². The number of nitrogens with zero attached hydrogens (tertiary/aromatic N) is 2. The minimum Gasteiger partial charge on any atom is -0.488 e. The first-order chi connectivity index (χ1) is 11.1. The van der Waals surface area contributed by atoms with Crippen molar-refractivity contribution in [1.82, 2.24) is 15.1 Å². The standard InChI is InChI=1S/C15H17N5O3/c16-14(21)9-20-8-11(6-18-20)19-15(22)17-7-12-5-10-3-1-2-4-13(10)23-12/h1-4,6,8,12H,5,7,9H2,(H2,16,21)(H2,17,19,22)/t12-/m0/s1. The predicted octanol–water partition coefficient (Wildman–Crippen LogP) is 0.494. The molecule has 120 valence electrons. The van der Waals surface area contributed by atoms with Crippen LogP contribution in [0.2, 0.25) is 0 Å². The number of primary amides is 1. The lowest BCUT2D eigenvalue weighted by Gasteiger charge is -2.12. The predicted molar refractivity (Wildman–Crippen MR) is 83.0 cm³/mol. The smallest absolute Gasteiger partial charge is 0.319 e. The van der Waals surface area contributed by atoms with Crippen LogP contribution in [0.25, 0.3) is 0 Å². The molecule has 8 nitrogen and oxygen atoms in total. The molecule has 4 N–H and O–H groups in total. The topological polar surface area (TPSA) is 111 Å². The summed E-state index contributed by atoms with van der Waals surface area (Å²) in [5.41, 5.74) is 6.71. The summed E-state index contributed by atoms with van der Waals surface area (Å²) < 4.78 is 7.10. The second-order valence-corrected chi connectivity index (χ2v) is 5.28. The molecule has 2 heterocycles. The fourth-order valence-electron chi connectivity index (χ4n) is 2.42. The Morgan fingerprint density at radius 1 is 1.39 bits per heavy atom. The Labute approximate surface area is 132 Å². The number of ether oxygens (including phenoxy) is 1. The second kappa shape index (κ2) is 6.39. The molecule has 0 saturated heterocycles. The summed E-state index contributed by atoms with van der Waals surface area (Å²) in [5, 5.41) is 9.32. The van der Waals surface area contributed by atoms with E-state index in [1.807, 2.05) is 24.3 Å². The molecule has 0 unspecified atom stereocenters. The third-order valence-electron chi connectivity index (χ3n) is 3.41. The van der Waals surface area contributed by atoms with Crippen molar-refractivity contribution in [2.45, 2.75) is 19.1 Å². The minimum atomic E-state index is -0.498. The molecule has 1 aromatic heterocycles. The Morgan fingerprint density at radius 3 is 3.00 bits per heavy atom.